The molecule has 0 heterocycles. The Balaban J connectivity index is 4.04. The molecule has 86 valence electrons. The predicted molar refractivity (Wildman–Crippen MR) is 65.3 cm³/mol. The molecule has 2 N–H and O–H groups in total. The van der Waals surface area contributed by atoms with Crippen molar-refractivity contribution in [2.24, 2.45) is 23.5 Å². The van der Waals surface area contributed by atoms with Gasteiger partial charge in [-0.05, 0) is 30.6 Å². The van der Waals surface area contributed by atoms with Crippen LogP contribution in [-0.4, -0.2) is 6.04 Å². The summed E-state index contributed by atoms with van der Waals surface area (Å²) >= 11 is 0. The average Bonchev–Trinajstić information content (AvgIpc) is 2.12. The van der Waals surface area contributed by atoms with Crippen LogP contribution in [0, 0.1) is 17.8 Å². The molecule has 1 nitrogen and oxygen atoms in total. The van der Waals surface area contributed by atoms with E-state index in [9.17, 15) is 0 Å². The van der Waals surface area contributed by atoms with Gasteiger partial charge in [0.25, 0.3) is 0 Å². The van der Waals surface area contributed by atoms with Gasteiger partial charge in [0, 0.05) is 6.04 Å². The van der Waals surface area contributed by atoms with E-state index < -0.39 is 0 Å². The Kier molecular flexibility index (Phi) is 7.26. The Morgan fingerprint density at radius 1 is 1.07 bits per heavy atom. The van der Waals surface area contributed by atoms with E-state index in [1.54, 1.807) is 0 Å². The molecule has 0 aliphatic rings. The molecule has 1 heteroatoms. The Bertz CT molecular complexity index is 131. The fourth-order valence-corrected chi connectivity index (χ4v) is 2.40. The lowest BCUT2D eigenvalue weighted by Crippen LogP contribution is -2.36. The Morgan fingerprint density at radius 3 is 2.00 bits per heavy atom. The first kappa shape index (κ1) is 14.0. The third kappa shape index (κ3) is 4.99. The number of rotatable bonds is 7. The minimum atomic E-state index is 0.405. The molecule has 0 saturated heterocycles. The molecule has 0 spiro atoms. The molecule has 3 unspecified atom stereocenters. The van der Waals surface area contributed by atoms with Crippen LogP contribution in [0.25, 0.3) is 0 Å². The van der Waals surface area contributed by atoms with E-state index in [-0.39, 0.29) is 0 Å². The van der Waals surface area contributed by atoms with Gasteiger partial charge in [0.2, 0.25) is 0 Å². The van der Waals surface area contributed by atoms with Crippen molar-refractivity contribution in [1.29, 1.82) is 0 Å². The van der Waals surface area contributed by atoms with E-state index in [1.165, 1.54) is 25.7 Å². The summed E-state index contributed by atoms with van der Waals surface area (Å²) in [5.74, 6) is 2.18. The minimum Gasteiger partial charge on any atom is -0.327 e. The molecule has 0 bridgehead atoms. The first-order valence-electron chi connectivity index (χ1n) is 6.28. The molecule has 0 aliphatic carbocycles. The van der Waals surface area contributed by atoms with Crippen LogP contribution in [0.4, 0.5) is 0 Å². The van der Waals surface area contributed by atoms with Crippen LogP contribution in [0.5, 0.6) is 0 Å². The molecule has 14 heavy (non-hydrogen) atoms. The lowest BCUT2D eigenvalue weighted by Gasteiger charge is -2.29. The van der Waals surface area contributed by atoms with Crippen molar-refractivity contribution in [2.45, 2.75) is 66.3 Å². The summed E-state index contributed by atoms with van der Waals surface area (Å²) in [7, 11) is 0. The summed E-state index contributed by atoms with van der Waals surface area (Å²) in [4.78, 5) is 0. The molecule has 0 amide bonds. The van der Waals surface area contributed by atoms with Crippen LogP contribution in [0.3, 0.4) is 0 Å². The molecular formula is C13H29N. The van der Waals surface area contributed by atoms with E-state index in [0.717, 1.165) is 11.8 Å². The first-order chi connectivity index (χ1) is 6.52. The fourth-order valence-electron chi connectivity index (χ4n) is 2.40. The highest BCUT2D eigenvalue weighted by Gasteiger charge is 2.21. The van der Waals surface area contributed by atoms with Crippen LogP contribution < -0.4 is 5.73 Å². The van der Waals surface area contributed by atoms with Crippen molar-refractivity contribution in [3.05, 3.63) is 0 Å². The third-order valence-corrected chi connectivity index (χ3v) is 3.23. The lowest BCUT2D eigenvalue weighted by atomic mass is 9.82. The largest absolute Gasteiger partial charge is 0.327 e. The summed E-state index contributed by atoms with van der Waals surface area (Å²) in [6.07, 6.45) is 5.06. The highest BCUT2D eigenvalue weighted by molar-refractivity contribution is 4.77. The summed E-state index contributed by atoms with van der Waals surface area (Å²) < 4.78 is 0. The van der Waals surface area contributed by atoms with Crippen LogP contribution in [0.1, 0.15) is 60.3 Å². The zero-order chi connectivity index (χ0) is 11.1. The van der Waals surface area contributed by atoms with Gasteiger partial charge in [-0.2, -0.15) is 0 Å². The van der Waals surface area contributed by atoms with Crippen LogP contribution in [0.15, 0.2) is 0 Å². The van der Waals surface area contributed by atoms with Crippen LogP contribution in [0.2, 0.25) is 0 Å². The molecule has 0 fully saturated rings. The molecule has 0 radical (unpaired) electrons. The van der Waals surface area contributed by atoms with Gasteiger partial charge in [-0.15, -0.1) is 0 Å². The van der Waals surface area contributed by atoms with Crippen molar-refractivity contribution in [1.82, 2.24) is 0 Å². The second-order valence-electron chi connectivity index (χ2n) is 5.14. The van der Waals surface area contributed by atoms with Gasteiger partial charge in [-0.25, -0.2) is 0 Å². The van der Waals surface area contributed by atoms with E-state index >= 15 is 0 Å². The fraction of sp³-hybridized carbons (Fsp3) is 1.00. The third-order valence-electron chi connectivity index (χ3n) is 3.23. The van der Waals surface area contributed by atoms with Gasteiger partial charge in [0.15, 0.2) is 0 Å². The molecular weight excluding hydrogens is 170 g/mol. The zero-order valence-electron chi connectivity index (χ0n) is 10.7. The average molecular weight is 199 g/mol. The molecule has 0 aliphatic heterocycles. The Labute approximate surface area is 90.5 Å². The molecule has 0 rings (SSSR count). The summed E-state index contributed by atoms with van der Waals surface area (Å²) in [5.41, 5.74) is 6.31. The topological polar surface area (TPSA) is 26.0 Å². The maximum absolute atomic E-state index is 6.31. The van der Waals surface area contributed by atoms with E-state index in [2.05, 4.69) is 34.6 Å². The summed E-state index contributed by atoms with van der Waals surface area (Å²) in [6.45, 7) is 11.4. The SMILES string of the molecule is CCCC(CC)C(N)C(C)CC(C)C. The van der Waals surface area contributed by atoms with Crippen molar-refractivity contribution < 1.29 is 0 Å². The van der Waals surface area contributed by atoms with E-state index in [0.29, 0.717) is 12.0 Å². The highest BCUT2D eigenvalue weighted by atomic mass is 14.7. The van der Waals surface area contributed by atoms with Gasteiger partial charge in [0.05, 0.1) is 0 Å². The van der Waals surface area contributed by atoms with Gasteiger partial charge < -0.3 is 5.73 Å². The predicted octanol–water partition coefficient (Wildman–Crippen LogP) is 3.82. The molecule has 0 aromatic carbocycles. The minimum absolute atomic E-state index is 0.405. The molecule has 3 atom stereocenters. The molecule has 0 aromatic rings. The van der Waals surface area contributed by atoms with Crippen LogP contribution >= 0.6 is 0 Å². The van der Waals surface area contributed by atoms with E-state index in [1.807, 2.05) is 0 Å². The number of nitrogens with two attached hydrogens (primary N) is 1. The smallest absolute Gasteiger partial charge is 0.00929 e. The number of hydrogen-bond acceptors (Lipinski definition) is 1. The van der Waals surface area contributed by atoms with Crippen molar-refractivity contribution in [3.8, 4) is 0 Å². The summed E-state index contributed by atoms with van der Waals surface area (Å²) in [5, 5.41) is 0. The lowest BCUT2D eigenvalue weighted by molar-refractivity contribution is 0.269. The second kappa shape index (κ2) is 7.28. The van der Waals surface area contributed by atoms with Crippen LogP contribution in [-0.2, 0) is 0 Å². The molecule has 0 saturated carbocycles. The van der Waals surface area contributed by atoms with Gasteiger partial charge >= 0.3 is 0 Å². The Hall–Kier alpha value is -0.0400. The first-order valence-corrected chi connectivity index (χ1v) is 6.28. The number of hydrogen-bond donors (Lipinski definition) is 1. The van der Waals surface area contributed by atoms with Gasteiger partial charge in [0.1, 0.15) is 0 Å². The quantitative estimate of drug-likeness (QED) is 0.662. The second-order valence-corrected chi connectivity index (χ2v) is 5.14. The van der Waals surface area contributed by atoms with Gasteiger partial charge in [-0.3, -0.25) is 0 Å². The highest BCUT2D eigenvalue weighted by Crippen LogP contribution is 2.23. The Morgan fingerprint density at radius 2 is 1.64 bits per heavy atom. The van der Waals surface area contributed by atoms with Crippen molar-refractivity contribution >= 4 is 0 Å². The van der Waals surface area contributed by atoms with Gasteiger partial charge in [-0.1, -0.05) is 47.5 Å². The standard InChI is InChI=1S/C13H29N/c1-6-8-12(7-2)13(14)11(5)9-10(3)4/h10-13H,6-9,14H2,1-5H3. The monoisotopic (exact) mass is 199 g/mol. The molecule has 0 aromatic heterocycles. The van der Waals surface area contributed by atoms with Crippen molar-refractivity contribution in [3.63, 3.8) is 0 Å². The maximum atomic E-state index is 6.31. The van der Waals surface area contributed by atoms with E-state index in [4.69, 9.17) is 5.73 Å². The normalized spacial score (nSPS) is 18.2. The summed E-state index contributed by atoms with van der Waals surface area (Å²) in [6, 6.07) is 0.405. The zero-order valence-corrected chi connectivity index (χ0v) is 10.7. The maximum Gasteiger partial charge on any atom is 0.00929 e. The van der Waals surface area contributed by atoms with Crippen molar-refractivity contribution in [2.75, 3.05) is 0 Å².